The molecule has 0 unspecified atom stereocenters. The van der Waals surface area contributed by atoms with Crippen molar-refractivity contribution in [2.75, 3.05) is 21.3 Å². The van der Waals surface area contributed by atoms with Gasteiger partial charge in [-0.2, -0.15) is 0 Å². The summed E-state index contributed by atoms with van der Waals surface area (Å²) in [5, 5.41) is 0. The van der Waals surface area contributed by atoms with Crippen LogP contribution in [0.3, 0.4) is 0 Å². The zero-order valence-electron chi connectivity index (χ0n) is 18.4. The number of hydrogen-bond donors (Lipinski definition) is 0. The Kier molecular flexibility index (Phi) is 7.29. The van der Waals surface area contributed by atoms with E-state index in [9.17, 15) is 9.59 Å². The third kappa shape index (κ3) is 5.16. The van der Waals surface area contributed by atoms with E-state index in [1.807, 2.05) is 19.1 Å². The molecule has 0 bridgehead atoms. The van der Waals surface area contributed by atoms with Crippen LogP contribution in [0.1, 0.15) is 31.8 Å². The average molecular weight is 432 g/mol. The number of hydrogen-bond acceptors (Lipinski definition) is 6. The Morgan fingerprint density at radius 3 is 2.00 bits per heavy atom. The Morgan fingerprint density at radius 2 is 1.44 bits per heavy atom. The molecule has 0 heterocycles. The Balaban J connectivity index is 1.72. The van der Waals surface area contributed by atoms with E-state index in [0.29, 0.717) is 34.1 Å². The van der Waals surface area contributed by atoms with Crippen LogP contribution < -0.4 is 18.9 Å². The van der Waals surface area contributed by atoms with Crippen LogP contribution in [-0.4, -0.2) is 33.1 Å². The number of rotatable bonds is 8. The van der Waals surface area contributed by atoms with Crippen LogP contribution in [0.4, 0.5) is 0 Å². The second-order valence-corrected chi connectivity index (χ2v) is 6.89. The molecule has 3 rings (SSSR count). The molecule has 6 heteroatoms. The number of benzene rings is 3. The number of ketones is 1. The van der Waals surface area contributed by atoms with Gasteiger partial charge in [0.2, 0.25) is 5.75 Å². The van der Waals surface area contributed by atoms with Gasteiger partial charge < -0.3 is 18.9 Å². The van der Waals surface area contributed by atoms with Crippen molar-refractivity contribution >= 4 is 17.8 Å². The van der Waals surface area contributed by atoms with E-state index in [0.717, 1.165) is 11.1 Å². The summed E-state index contributed by atoms with van der Waals surface area (Å²) in [7, 11) is 4.59. The summed E-state index contributed by atoms with van der Waals surface area (Å²) in [6.07, 6.45) is 3.12. The first-order valence-corrected chi connectivity index (χ1v) is 9.87. The highest BCUT2D eigenvalue weighted by Gasteiger charge is 2.13. The maximum atomic E-state index is 12.6. The van der Waals surface area contributed by atoms with E-state index in [4.69, 9.17) is 18.9 Å². The molecule has 3 aromatic rings. The molecule has 0 N–H and O–H groups in total. The van der Waals surface area contributed by atoms with E-state index >= 15 is 0 Å². The first kappa shape index (κ1) is 22.6. The summed E-state index contributed by atoms with van der Waals surface area (Å²) < 4.78 is 21.4. The molecule has 32 heavy (non-hydrogen) atoms. The van der Waals surface area contributed by atoms with Crippen molar-refractivity contribution in [1.29, 1.82) is 0 Å². The van der Waals surface area contributed by atoms with Crippen molar-refractivity contribution < 1.29 is 28.5 Å². The molecular formula is C26H24O6. The van der Waals surface area contributed by atoms with Crippen molar-refractivity contribution in [1.82, 2.24) is 0 Å². The predicted octanol–water partition coefficient (Wildman–Crippen LogP) is 5.14. The maximum absolute atomic E-state index is 12.6. The van der Waals surface area contributed by atoms with Crippen LogP contribution >= 0.6 is 0 Å². The van der Waals surface area contributed by atoms with Crippen molar-refractivity contribution in [3.05, 3.63) is 89.0 Å². The number of aryl methyl sites for hydroxylation is 1. The van der Waals surface area contributed by atoms with E-state index in [-0.39, 0.29) is 5.78 Å². The standard InChI is InChI=1S/C26H24O6/c1-17-7-5-6-8-21(17)26(28)32-20-12-10-19(11-13-20)22(27)14-9-18-15-23(29-2)25(31-4)24(16-18)30-3/h5-16H,1-4H3/b14-9+. The minimum atomic E-state index is -0.440. The van der Waals surface area contributed by atoms with Gasteiger partial charge >= 0.3 is 5.97 Å². The summed E-state index contributed by atoms with van der Waals surface area (Å²) in [5.41, 5.74) is 2.52. The number of allylic oxidation sites excluding steroid dienone is 1. The third-order valence-electron chi connectivity index (χ3n) is 4.83. The predicted molar refractivity (Wildman–Crippen MR) is 122 cm³/mol. The van der Waals surface area contributed by atoms with Crippen LogP contribution in [0, 0.1) is 6.92 Å². The van der Waals surface area contributed by atoms with Crippen LogP contribution in [-0.2, 0) is 0 Å². The van der Waals surface area contributed by atoms with E-state index in [2.05, 4.69) is 0 Å². The van der Waals surface area contributed by atoms with Gasteiger partial charge in [0, 0.05) is 5.56 Å². The Morgan fingerprint density at radius 1 is 0.812 bits per heavy atom. The number of ether oxygens (including phenoxy) is 4. The molecule has 0 aliphatic carbocycles. The van der Waals surface area contributed by atoms with Crippen LogP contribution in [0.2, 0.25) is 0 Å². The molecule has 0 atom stereocenters. The Hall–Kier alpha value is -4.06. The fourth-order valence-electron chi connectivity index (χ4n) is 3.12. The fraction of sp³-hybridized carbons (Fsp3) is 0.154. The van der Waals surface area contributed by atoms with Gasteiger partial charge in [-0.1, -0.05) is 24.3 Å². The lowest BCUT2D eigenvalue weighted by Gasteiger charge is -2.12. The first-order valence-electron chi connectivity index (χ1n) is 9.87. The van der Waals surface area contributed by atoms with Gasteiger partial charge in [0.05, 0.1) is 26.9 Å². The molecule has 0 saturated heterocycles. The lowest BCUT2D eigenvalue weighted by Crippen LogP contribution is -2.10. The van der Waals surface area contributed by atoms with E-state index in [1.165, 1.54) is 27.4 Å². The molecule has 0 spiro atoms. The third-order valence-corrected chi connectivity index (χ3v) is 4.83. The maximum Gasteiger partial charge on any atom is 0.343 e. The SMILES string of the molecule is COc1cc(/C=C/C(=O)c2ccc(OC(=O)c3ccccc3C)cc2)cc(OC)c1OC. The second-order valence-electron chi connectivity index (χ2n) is 6.89. The van der Waals surface area contributed by atoms with Gasteiger partial charge in [-0.05, 0) is 66.6 Å². The zero-order chi connectivity index (χ0) is 23.1. The van der Waals surface area contributed by atoms with Gasteiger partial charge in [0.15, 0.2) is 17.3 Å². The summed E-state index contributed by atoms with van der Waals surface area (Å²) in [6, 6.07) is 17.1. The zero-order valence-corrected chi connectivity index (χ0v) is 18.4. The number of carbonyl (C=O) groups excluding carboxylic acids is 2. The normalized spacial score (nSPS) is 10.6. The summed E-state index contributed by atoms with van der Waals surface area (Å²) >= 11 is 0. The van der Waals surface area contributed by atoms with Gasteiger partial charge in [0.1, 0.15) is 5.75 Å². The second kappa shape index (κ2) is 10.3. The molecule has 0 saturated carbocycles. The molecule has 0 radical (unpaired) electrons. The number of carbonyl (C=O) groups is 2. The molecule has 0 aliphatic rings. The topological polar surface area (TPSA) is 71.1 Å². The van der Waals surface area contributed by atoms with Crippen molar-refractivity contribution in [2.24, 2.45) is 0 Å². The summed E-state index contributed by atoms with van der Waals surface area (Å²) in [4.78, 5) is 24.9. The quantitative estimate of drug-likeness (QED) is 0.213. The molecule has 0 aliphatic heterocycles. The smallest absolute Gasteiger partial charge is 0.343 e. The fourth-order valence-corrected chi connectivity index (χ4v) is 3.12. The van der Waals surface area contributed by atoms with Gasteiger partial charge in [0.25, 0.3) is 0 Å². The molecule has 0 amide bonds. The van der Waals surface area contributed by atoms with Gasteiger partial charge in [-0.25, -0.2) is 4.79 Å². The Bertz CT molecular complexity index is 1120. The molecule has 3 aromatic carbocycles. The Labute approximate surface area is 187 Å². The first-order chi connectivity index (χ1) is 15.5. The lowest BCUT2D eigenvalue weighted by atomic mass is 10.1. The number of methoxy groups -OCH3 is 3. The monoisotopic (exact) mass is 432 g/mol. The molecule has 0 aromatic heterocycles. The highest BCUT2D eigenvalue weighted by molar-refractivity contribution is 6.07. The number of esters is 1. The highest BCUT2D eigenvalue weighted by atomic mass is 16.5. The van der Waals surface area contributed by atoms with Crippen molar-refractivity contribution in [3.63, 3.8) is 0 Å². The minimum Gasteiger partial charge on any atom is -0.493 e. The lowest BCUT2D eigenvalue weighted by molar-refractivity contribution is 0.0734. The summed E-state index contributed by atoms with van der Waals surface area (Å²) in [6.45, 7) is 1.85. The van der Waals surface area contributed by atoms with Crippen molar-refractivity contribution in [2.45, 2.75) is 6.92 Å². The molecule has 164 valence electrons. The van der Waals surface area contributed by atoms with E-state index < -0.39 is 5.97 Å². The average Bonchev–Trinajstić information content (AvgIpc) is 2.82. The van der Waals surface area contributed by atoms with Gasteiger partial charge in [-0.3, -0.25) is 4.79 Å². The minimum absolute atomic E-state index is 0.199. The summed E-state index contributed by atoms with van der Waals surface area (Å²) in [5.74, 6) is 1.20. The largest absolute Gasteiger partial charge is 0.493 e. The van der Waals surface area contributed by atoms with Crippen LogP contribution in [0.15, 0.2) is 66.7 Å². The highest BCUT2D eigenvalue weighted by Crippen LogP contribution is 2.38. The molecule has 0 fully saturated rings. The molecular weight excluding hydrogens is 408 g/mol. The van der Waals surface area contributed by atoms with E-state index in [1.54, 1.807) is 54.6 Å². The van der Waals surface area contributed by atoms with Gasteiger partial charge in [-0.15, -0.1) is 0 Å². The van der Waals surface area contributed by atoms with Crippen LogP contribution in [0.5, 0.6) is 23.0 Å². The van der Waals surface area contributed by atoms with Crippen molar-refractivity contribution in [3.8, 4) is 23.0 Å². The van der Waals surface area contributed by atoms with Crippen LogP contribution in [0.25, 0.3) is 6.08 Å². The molecule has 6 nitrogen and oxygen atoms in total.